The third kappa shape index (κ3) is 3.90. The van der Waals surface area contributed by atoms with Crippen LogP contribution in [0.5, 0.6) is 0 Å². The van der Waals surface area contributed by atoms with Gasteiger partial charge in [-0.2, -0.15) is 14.6 Å². The monoisotopic (exact) mass is 548 g/mol. The van der Waals surface area contributed by atoms with Crippen molar-refractivity contribution in [2.45, 2.75) is 32.9 Å². The van der Waals surface area contributed by atoms with Crippen LogP contribution in [0.4, 0.5) is 5.82 Å². The van der Waals surface area contributed by atoms with Gasteiger partial charge in [0.05, 0.1) is 18.5 Å². The molecule has 1 aliphatic heterocycles. The van der Waals surface area contributed by atoms with Crippen molar-refractivity contribution < 1.29 is 14.4 Å². The number of carbonyl (C=O) groups is 3. The summed E-state index contributed by atoms with van der Waals surface area (Å²) in [6.07, 6.45) is 3.92. The number of carbonyl (C=O) groups excluding carboxylic acids is 3. The molecule has 182 valence electrons. The second-order valence-corrected chi connectivity index (χ2v) is 9.64. The second kappa shape index (κ2) is 8.99. The van der Waals surface area contributed by atoms with E-state index in [4.69, 9.17) is 5.73 Å². The molecule has 1 unspecified atom stereocenters. The number of hydrogen-bond donors (Lipinski definition) is 1. The minimum absolute atomic E-state index is 0.158. The Morgan fingerprint density at radius 2 is 1.89 bits per heavy atom. The number of aromatic nitrogens is 5. The summed E-state index contributed by atoms with van der Waals surface area (Å²) in [6.45, 7) is 3.48. The Morgan fingerprint density at radius 3 is 2.50 bits per heavy atom. The summed E-state index contributed by atoms with van der Waals surface area (Å²) in [5.74, 6) is 0.0319. The van der Waals surface area contributed by atoms with E-state index in [1.54, 1.807) is 30.6 Å². The first-order valence-electron chi connectivity index (χ1n) is 11.3. The number of likely N-dealkylation sites (tertiary alicyclic amines) is 1. The molecule has 2 N–H and O–H groups in total. The van der Waals surface area contributed by atoms with Crippen LogP contribution in [0.25, 0.3) is 22.0 Å². The average Bonchev–Trinajstić information content (AvgIpc) is 3.17. The third-order valence-corrected chi connectivity index (χ3v) is 7.09. The number of amides is 2. The Morgan fingerprint density at radius 1 is 1.14 bits per heavy atom. The number of fused-ring (bicyclic) bond motifs is 1. The van der Waals surface area contributed by atoms with E-state index in [1.807, 2.05) is 25.1 Å². The molecule has 0 radical (unpaired) electrons. The standard InChI is InChI=1S/C25H22BrN7O3/c1-14(34)24-18-10-16(17-11-28-15(2)29-12-17)6-7-19(18)32(31-24)13-23(35)33(9-8-20(33)25(27)36)22-5-3-4-21(26)30-22/h3-7,10-12,20H,8-9,13H2,1-2H3,(H-,27,36)/p+1/t20?,33-/m0/s1. The first kappa shape index (κ1) is 23.9. The number of nitrogens with zero attached hydrogens (tertiary/aromatic N) is 6. The van der Waals surface area contributed by atoms with E-state index in [0.29, 0.717) is 40.1 Å². The van der Waals surface area contributed by atoms with Gasteiger partial charge in [0.15, 0.2) is 18.4 Å². The molecule has 0 bridgehead atoms. The van der Waals surface area contributed by atoms with Crippen LogP contribution in [0.1, 0.15) is 29.7 Å². The number of pyridine rings is 1. The van der Waals surface area contributed by atoms with Crippen LogP contribution < -0.4 is 10.2 Å². The Hall–Kier alpha value is -3.83. The molecule has 3 aromatic heterocycles. The van der Waals surface area contributed by atoms with Crippen molar-refractivity contribution >= 4 is 50.2 Å². The van der Waals surface area contributed by atoms with Crippen molar-refractivity contribution in [3.63, 3.8) is 0 Å². The molecule has 4 aromatic rings. The van der Waals surface area contributed by atoms with Gasteiger partial charge in [0.1, 0.15) is 16.1 Å². The molecule has 10 nitrogen and oxygen atoms in total. The van der Waals surface area contributed by atoms with Crippen LogP contribution in [0.3, 0.4) is 0 Å². The molecular weight excluding hydrogens is 526 g/mol. The molecule has 2 atom stereocenters. The van der Waals surface area contributed by atoms with Gasteiger partial charge in [-0.1, -0.05) is 12.1 Å². The van der Waals surface area contributed by atoms with Crippen LogP contribution in [-0.2, 0) is 16.1 Å². The van der Waals surface area contributed by atoms with Crippen molar-refractivity contribution in [2.75, 3.05) is 6.54 Å². The Bertz CT molecular complexity index is 1530. The minimum atomic E-state index is -0.721. The number of benzene rings is 1. The normalized spacial score (nSPS) is 19.1. The van der Waals surface area contributed by atoms with E-state index < -0.39 is 11.9 Å². The van der Waals surface area contributed by atoms with Crippen molar-refractivity contribution in [2.24, 2.45) is 5.73 Å². The fourth-order valence-corrected chi connectivity index (χ4v) is 5.07. The van der Waals surface area contributed by atoms with Crippen LogP contribution in [-0.4, -0.2) is 54.9 Å². The summed E-state index contributed by atoms with van der Waals surface area (Å²) in [5, 5.41) is 5.11. The van der Waals surface area contributed by atoms with E-state index in [1.165, 1.54) is 11.6 Å². The highest BCUT2D eigenvalue weighted by molar-refractivity contribution is 9.10. The smallest absolute Gasteiger partial charge is 0.342 e. The lowest BCUT2D eigenvalue weighted by Crippen LogP contribution is -2.74. The largest absolute Gasteiger partial charge is 0.364 e. The highest BCUT2D eigenvalue weighted by Gasteiger charge is 2.58. The molecule has 4 heterocycles. The molecule has 1 aromatic carbocycles. The molecule has 1 fully saturated rings. The lowest BCUT2D eigenvalue weighted by molar-refractivity contribution is -0.145. The van der Waals surface area contributed by atoms with Crippen LogP contribution >= 0.6 is 15.9 Å². The van der Waals surface area contributed by atoms with E-state index in [9.17, 15) is 14.4 Å². The van der Waals surface area contributed by atoms with Crippen LogP contribution in [0, 0.1) is 6.92 Å². The van der Waals surface area contributed by atoms with Gasteiger partial charge in [-0.15, -0.1) is 0 Å². The van der Waals surface area contributed by atoms with Gasteiger partial charge < -0.3 is 5.73 Å². The van der Waals surface area contributed by atoms with Crippen molar-refractivity contribution in [3.8, 4) is 11.1 Å². The van der Waals surface area contributed by atoms with Crippen molar-refractivity contribution in [3.05, 3.63) is 64.9 Å². The van der Waals surface area contributed by atoms with Gasteiger partial charge in [0, 0.05) is 36.3 Å². The molecule has 11 heteroatoms. The summed E-state index contributed by atoms with van der Waals surface area (Å²) in [7, 11) is 0. The second-order valence-electron chi connectivity index (χ2n) is 8.82. The minimum Gasteiger partial charge on any atom is -0.364 e. The van der Waals surface area contributed by atoms with Gasteiger partial charge >= 0.3 is 5.91 Å². The molecule has 0 saturated carbocycles. The lowest BCUT2D eigenvalue weighted by Gasteiger charge is -2.46. The summed E-state index contributed by atoms with van der Waals surface area (Å²) in [6, 6.07) is 10.1. The van der Waals surface area contributed by atoms with E-state index in [2.05, 4.69) is 36.0 Å². The number of halogens is 1. The fraction of sp³-hybridized carbons (Fsp3) is 0.240. The maximum atomic E-state index is 13.8. The van der Waals surface area contributed by atoms with E-state index >= 15 is 0 Å². The number of aryl methyl sites for hydroxylation is 1. The Labute approximate surface area is 214 Å². The summed E-state index contributed by atoms with van der Waals surface area (Å²) >= 11 is 3.35. The molecule has 5 rings (SSSR count). The SMILES string of the molecule is CC(=O)c1nn(CC(=O)[N@@+]2(c3cccc(Br)n3)CCC2C(N)=O)c2ccc(-c3cnc(C)nc3)cc12. The lowest BCUT2D eigenvalue weighted by atomic mass is 9.95. The maximum Gasteiger partial charge on any atom is 0.342 e. The number of rotatable bonds is 6. The summed E-state index contributed by atoms with van der Waals surface area (Å²) in [5.41, 5.74) is 8.19. The molecule has 36 heavy (non-hydrogen) atoms. The molecular formula is C25H23BrN7O3+. The van der Waals surface area contributed by atoms with Gasteiger partial charge in [0.25, 0.3) is 5.91 Å². The number of hydrogen-bond acceptors (Lipinski definition) is 7. The van der Waals surface area contributed by atoms with E-state index in [0.717, 1.165) is 11.1 Å². The average molecular weight is 549 g/mol. The summed E-state index contributed by atoms with van der Waals surface area (Å²) in [4.78, 5) is 51.5. The van der Waals surface area contributed by atoms with Gasteiger partial charge in [-0.05, 0) is 46.6 Å². The number of nitrogens with two attached hydrogens (primary N) is 1. The zero-order chi connectivity index (χ0) is 25.6. The number of Topliss-reactive ketones (excluding diaryl/α,β-unsaturated/α-hetero) is 1. The Balaban J connectivity index is 1.57. The van der Waals surface area contributed by atoms with Crippen LogP contribution in [0.15, 0.2) is 53.4 Å². The number of quaternary nitrogens is 1. The molecule has 1 aliphatic rings. The predicted octanol–water partition coefficient (Wildman–Crippen LogP) is 2.95. The maximum absolute atomic E-state index is 13.8. The highest BCUT2D eigenvalue weighted by Crippen LogP contribution is 2.37. The van der Waals surface area contributed by atoms with Gasteiger partial charge in [-0.3, -0.25) is 14.3 Å². The third-order valence-electron chi connectivity index (χ3n) is 6.65. The number of ketones is 1. The molecule has 1 saturated heterocycles. The fourth-order valence-electron chi connectivity index (χ4n) is 4.73. The predicted molar refractivity (Wildman–Crippen MR) is 137 cm³/mol. The zero-order valence-corrected chi connectivity index (χ0v) is 21.3. The molecule has 0 spiro atoms. The Kier molecular flexibility index (Phi) is 5.97. The summed E-state index contributed by atoms with van der Waals surface area (Å²) < 4.78 is 1.78. The zero-order valence-electron chi connectivity index (χ0n) is 19.7. The molecule has 0 aliphatic carbocycles. The number of primary amides is 1. The highest BCUT2D eigenvalue weighted by atomic mass is 79.9. The van der Waals surface area contributed by atoms with Crippen molar-refractivity contribution in [1.82, 2.24) is 29.2 Å². The van der Waals surface area contributed by atoms with Crippen LogP contribution in [0.2, 0.25) is 0 Å². The van der Waals surface area contributed by atoms with Crippen molar-refractivity contribution in [1.29, 1.82) is 0 Å². The quantitative estimate of drug-likeness (QED) is 0.222. The first-order chi connectivity index (χ1) is 17.2. The topological polar surface area (TPSA) is 134 Å². The van der Waals surface area contributed by atoms with E-state index in [-0.39, 0.29) is 28.4 Å². The van der Waals surface area contributed by atoms with Gasteiger partial charge in [-0.25, -0.2) is 14.8 Å². The molecule has 2 amide bonds. The first-order valence-corrected chi connectivity index (χ1v) is 12.1. The van der Waals surface area contributed by atoms with Gasteiger partial charge in [0.2, 0.25) is 5.82 Å².